The summed E-state index contributed by atoms with van der Waals surface area (Å²) in [4.78, 5) is 28.0. The van der Waals surface area contributed by atoms with Crippen molar-refractivity contribution in [3.63, 3.8) is 0 Å². The molecule has 0 radical (unpaired) electrons. The maximum atomic E-state index is 12.6. The number of benzene rings is 1. The van der Waals surface area contributed by atoms with Crippen molar-refractivity contribution >= 4 is 11.8 Å². The van der Waals surface area contributed by atoms with E-state index in [4.69, 9.17) is 5.73 Å². The highest BCUT2D eigenvalue weighted by atomic mass is 16.2. The lowest BCUT2D eigenvalue weighted by Crippen LogP contribution is -2.51. The first-order valence-electron chi connectivity index (χ1n) is 8.25. The number of primary amides is 1. The molecule has 3 rings (SSSR count). The van der Waals surface area contributed by atoms with Gasteiger partial charge in [0.15, 0.2) is 0 Å². The number of rotatable bonds is 5. The van der Waals surface area contributed by atoms with Gasteiger partial charge in [-0.25, -0.2) is 0 Å². The maximum absolute atomic E-state index is 12.6. The van der Waals surface area contributed by atoms with Crippen molar-refractivity contribution in [1.82, 2.24) is 19.6 Å². The number of amides is 2. The SMILES string of the molecule is CN(Cc1cnn(C)c1)C(=O)CN1Cc2ccccc2C[C@@H]1C(N)=O. The Morgan fingerprint density at radius 1 is 1.32 bits per heavy atom. The zero-order valence-electron chi connectivity index (χ0n) is 14.6. The summed E-state index contributed by atoms with van der Waals surface area (Å²) in [5.74, 6) is -0.438. The predicted molar refractivity (Wildman–Crippen MR) is 93.2 cm³/mol. The summed E-state index contributed by atoms with van der Waals surface area (Å²) in [6.45, 7) is 1.20. The van der Waals surface area contributed by atoms with Gasteiger partial charge in [-0.3, -0.25) is 19.2 Å². The third kappa shape index (κ3) is 3.88. The van der Waals surface area contributed by atoms with E-state index in [1.54, 1.807) is 22.8 Å². The van der Waals surface area contributed by atoms with Crippen molar-refractivity contribution in [1.29, 1.82) is 0 Å². The molecule has 1 aliphatic heterocycles. The Morgan fingerprint density at radius 2 is 2.04 bits per heavy atom. The number of hydrogen-bond acceptors (Lipinski definition) is 4. The highest BCUT2D eigenvalue weighted by Gasteiger charge is 2.31. The monoisotopic (exact) mass is 341 g/mol. The third-order valence-corrected chi connectivity index (χ3v) is 4.62. The normalized spacial score (nSPS) is 17.1. The Bertz CT molecular complexity index is 785. The minimum absolute atomic E-state index is 0.0468. The summed E-state index contributed by atoms with van der Waals surface area (Å²) in [5, 5.41) is 4.11. The summed E-state index contributed by atoms with van der Waals surface area (Å²) < 4.78 is 1.71. The van der Waals surface area contributed by atoms with E-state index in [1.807, 2.05) is 42.4 Å². The minimum atomic E-state index is -0.453. The number of nitrogens with zero attached hydrogens (tertiary/aromatic N) is 4. The minimum Gasteiger partial charge on any atom is -0.368 e. The van der Waals surface area contributed by atoms with Crippen molar-refractivity contribution in [3.8, 4) is 0 Å². The van der Waals surface area contributed by atoms with Crippen LogP contribution in [0.2, 0.25) is 0 Å². The second-order valence-electron chi connectivity index (χ2n) is 6.57. The van der Waals surface area contributed by atoms with Gasteiger partial charge in [0.1, 0.15) is 0 Å². The second-order valence-corrected chi connectivity index (χ2v) is 6.57. The molecule has 0 saturated heterocycles. The molecular formula is C18H23N5O2. The van der Waals surface area contributed by atoms with E-state index in [1.165, 1.54) is 0 Å². The molecule has 0 unspecified atom stereocenters. The molecule has 2 heterocycles. The topological polar surface area (TPSA) is 84.5 Å². The molecule has 1 aliphatic rings. The maximum Gasteiger partial charge on any atom is 0.236 e. The lowest BCUT2D eigenvalue weighted by molar-refractivity contribution is -0.134. The molecule has 132 valence electrons. The molecular weight excluding hydrogens is 318 g/mol. The number of likely N-dealkylation sites (N-methyl/N-ethyl adjacent to an activating group) is 1. The van der Waals surface area contributed by atoms with Gasteiger partial charge < -0.3 is 10.6 Å². The third-order valence-electron chi connectivity index (χ3n) is 4.62. The van der Waals surface area contributed by atoms with Crippen LogP contribution in [-0.2, 0) is 36.1 Å². The highest BCUT2D eigenvalue weighted by molar-refractivity contribution is 5.83. The molecule has 0 fully saturated rings. The number of hydrogen-bond donors (Lipinski definition) is 1. The Kier molecular flexibility index (Phi) is 4.85. The molecule has 0 spiro atoms. The molecule has 0 bridgehead atoms. The molecule has 1 aromatic heterocycles. The molecule has 2 N–H and O–H groups in total. The van der Waals surface area contributed by atoms with Gasteiger partial charge in [-0.1, -0.05) is 24.3 Å². The Labute approximate surface area is 147 Å². The predicted octanol–water partition coefficient (Wildman–Crippen LogP) is 0.291. The van der Waals surface area contributed by atoms with Crippen LogP contribution >= 0.6 is 0 Å². The van der Waals surface area contributed by atoms with Crippen LogP contribution in [0.5, 0.6) is 0 Å². The first-order chi connectivity index (χ1) is 11.9. The van der Waals surface area contributed by atoms with Crippen LogP contribution in [0.1, 0.15) is 16.7 Å². The van der Waals surface area contributed by atoms with Gasteiger partial charge >= 0.3 is 0 Å². The Morgan fingerprint density at radius 3 is 2.68 bits per heavy atom. The van der Waals surface area contributed by atoms with Gasteiger partial charge in [-0.2, -0.15) is 5.10 Å². The van der Waals surface area contributed by atoms with Gasteiger partial charge in [-0.05, 0) is 17.5 Å². The van der Waals surface area contributed by atoms with Gasteiger partial charge in [-0.15, -0.1) is 0 Å². The summed E-state index contributed by atoms with van der Waals surface area (Å²) in [5.41, 5.74) is 8.81. The van der Waals surface area contributed by atoms with Crippen molar-refractivity contribution in [3.05, 3.63) is 53.3 Å². The Balaban J connectivity index is 1.69. The smallest absolute Gasteiger partial charge is 0.236 e. The fourth-order valence-corrected chi connectivity index (χ4v) is 3.23. The van der Waals surface area contributed by atoms with Crippen LogP contribution in [0, 0.1) is 0 Å². The molecule has 1 aromatic carbocycles. The number of aryl methyl sites for hydroxylation is 1. The quantitative estimate of drug-likeness (QED) is 0.847. The molecule has 0 aliphatic carbocycles. The van der Waals surface area contributed by atoms with Crippen LogP contribution in [0.25, 0.3) is 0 Å². The van der Waals surface area contributed by atoms with Gasteiger partial charge in [0.25, 0.3) is 0 Å². The van der Waals surface area contributed by atoms with Crippen molar-refractivity contribution in [2.75, 3.05) is 13.6 Å². The lowest BCUT2D eigenvalue weighted by Gasteiger charge is -2.35. The van der Waals surface area contributed by atoms with Gasteiger partial charge in [0.2, 0.25) is 11.8 Å². The van der Waals surface area contributed by atoms with E-state index in [0.29, 0.717) is 19.5 Å². The van der Waals surface area contributed by atoms with E-state index in [9.17, 15) is 9.59 Å². The number of aromatic nitrogens is 2. The van der Waals surface area contributed by atoms with Crippen molar-refractivity contribution in [2.24, 2.45) is 12.8 Å². The average Bonchev–Trinajstić information content (AvgIpc) is 2.98. The fraction of sp³-hybridized carbons (Fsp3) is 0.389. The summed E-state index contributed by atoms with van der Waals surface area (Å²) >= 11 is 0. The second kappa shape index (κ2) is 7.06. The van der Waals surface area contributed by atoms with Crippen LogP contribution in [0.3, 0.4) is 0 Å². The highest BCUT2D eigenvalue weighted by Crippen LogP contribution is 2.23. The molecule has 7 heteroatoms. The van der Waals surface area contributed by atoms with Crippen molar-refractivity contribution in [2.45, 2.75) is 25.6 Å². The van der Waals surface area contributed by atoms with Crippen LogP contribution in [-0.4, -0.2) is 51.0 Å². The van der Waals surface area contributed by atoms with Crippen LogP contribution in [0.15, 0.2) is 36.7 Å². The fourth-order valence-electron chi connectivity index (χ4n) is 3.23. The molecule has 0 saturated carbocycles. The zero-order chi connectivity index (χ0) is 18.0. The van der Waals surface area contributed by atoms with E-state index < -0.39 is 11.9 Å². The van der Waals surface area contributed by atoms with E-state index in [0.717, 1.165) is 16.7 Å². The Hall–Kier alpha value is -2.67. The lowest BCUT2D eigenvalue weighted by atomic mass is 9.93. The molecule has 2 aromatic rings. The first kappa shape index (κ1) is 17.2. The van der Waals surface area contributed by atoms with Crippen LogP contribution in [0.4, 0.5) is 0 Å². The molecule has 1 atom stereocenters. The first-order valence-corrected chi connectivity index (χ1v) is 8.25. The van der Waals surface area contributed by atoms with E-state index in [-0.39, 0.29) is 12.5 Å². The largest absolute Gasteiger partial charge is 0.368 e. The summed E-state index contributed by atoms with van der Waals surface area (Å²) in [6, 6.07) is 7.52. The molecule has 2 amide bonds. The summed E-state index contributed by atoms with van der Waals surface area (Å²) in [7, 11) is 3.60. The van der Waals surface area contributed by atoms with E-state index in [2.05, 4.69) is 5.10 Å². The molecule has 7 nitrogen and oxygen atoms in total. The number of nitrogens with two attached hydrogens (primary N) is 1. The zero-order valence-corrected chi connectivity index (χ0v) is 14.6. The summed E-state index contributed by atoms with van der Waals surface area (Å²) in [6.07, 6.45) is 4.17. The van der Waals surface area contributed by atoms with Gasteiger partial charge in [0, 0.05) is 38.9 Å². The van der Waals surface area contributed by atoms with Crippen LogP contribution < -0.4 is 5.73 Å². The van der Waals surface area contributed by atoms with Gasteiger partial charge in [0.05, 0.1) is 18.8 Å². The van der Waals surface area contributed by atoms with E-state index >= 15 is 0 Å². The standard InChI is InChI=1S/C18H23N5O2/c1-21(9-13-8-20-22(2)10-13)17(24)12-23-11-15-6-4-3-5-14(15)7-16(23)18(19)25/h3-6,8,10,16H,7,9,11-12H2,1-2H3,(H2,19,25)/t16-/m1/s1. The van der Waals surface area contributed by atoms with Crippen molar-refractivity contribution < 1.29 is 9.59 Å². The average molecular weight is 341 g/mol. The number of carbonyl (C=O) groups excluding carboxylic acids is 2. The number of fused-ring (bicyclic) bond motifs is 1. The molecule has 25 heavy (non-hydrogen) atoms. The number of carbonyl (C=O) groups is 2.